The summed E-state index contributed by atoms with van der Waals surface area (Å²) >= 11 is 0. The third-order valence-electron chi connectivity index (χ3n) is 4.31. The summed E-state index contributed by atoms with van der Waals surface area (Å²) in [7, 11) is 0. The van der Waals surface area contributed by atoms with Crippen molar-refractivity contribution in [3.05, 3.63) is 18.0 Å². The van der Waals surface area contributed by atoms with Crippen molar-refractivity contribution < 1.29 is 4.74 Å². The molecule has 0 amide bonds. The molecule has 0 saturated carbocycles. The maximum Gasteiger partial charge on any atom is 0.225 e. The van der Waals surface area contributed by atoms with E-state index in [9.17, 15) is 0 Å². The maximum atomic E-state index is 5.88. The number of aryl methyl sites for hydroxylation is 1. The van der Waals surface area contributed by atoms with Crippen LogP contribution in [0.3, 0.4) is 0 Å². The van der Waals surface area contributed by atoms with Crippen molar-refractivity contribution in [3.63, 3.8) is 0 Å². The molecule has 5 heteroatoms. The van der Waals surface area contributed by atoms with Crippen molar-refractivity contribution in [2.24, 2.45) is 5.92 Å². The molecule has 3 rings (SSSR count). The molecule has 3 heterocycles. The van der Waals surface area contributed by atoms with Gasteiger partial charge in [0.05, 0.1) is 12.7 Å². The largest absolute Gasteiger partial charge is 0.375 e. The zero-order valence-corrected chi connectivity index (χ0v) is 12.2. The number of ether oxygens (including phenoxy) is 1. The lowest BCUT2D eigenvalue weighted by Gasteiger charge is -2.34. The maximum absolute atomic E-state index is 5.88. The van der Waals surface area contributed by atoms with Crippen LogP contribution < -0.4 is 10.2 Å². The zero-order valence-electron chi connectivity index (χ0n) is 12.2. The van der Waals surface area contributed by atoms with Crippen molar-refractivity contribution in [2.45, 2.75) is 32.3 Å². The molecule has 1 N–H and O–H groups in total. The number of rotatable bonds is 5. The Morgan fingerprint density at radius 3 is 2.50 bits per heavy atom. The third kappa shape index (κ3) is 3.27. The van der Waals surface area contributed by atoms with Crippen molar-refractivity contribution in [2.75, 3.05) is 37.7 Å². The van der Waals surface area contributed by atoms with E-state index in [4.69, 9.17) is 4.74 Å². The van der Waals surface area contributed by atoms with Crippen LogP contribution in [0.5, 0.6) is 0 Å². The normalized spacial score (nSPS) is 20.9. The average molecular weight is 276 g/mol. The van der Waals surface area contributed by atoms with Gasteiger partial charge in [-0.3, -0.25) is 0 Å². The quantitative estimate of drug-likeness (QED) is 0.877. The van der Waals surface area contributed by atoms with Gasteiger partial charge in [0.2, 0.25) is 5.95 Å². The van der Waals surface area contributed by atoms with Crippen molar-refractivity contribution in [1.29, 1.82) is 0 Å². The highest BCUT2D eigenvalue weighted by molar-refractivity contribution is 5.30. The summed E-state index contributed by atoms with van der Waals surface area (Å²) in [5, 5.41) is 3.24. The van der Waals surface area contributed by atoms with Gasteiger partial charge in [-0.15, -0.1) is 0 Å². The molecule has 1 aromatic heterocycles. The average Bonchev–Trinajstić information content (AvgIpc) is 2.46. The van der Waals surface area contributed by atoms with Crippen molar-refractivity contribution in [3.8, 4) is 0 Å². The molecule has 2 aliphatic rings. The first kappa shape index (κ1) is 13.8. The van der Waals surface area contributed by atoms with Gasteiger partial charge in [0, 0.05) is 38.6 Å². The van der Waals surface area contributed by atoms with Crippen LogP contribution in [0.4, 0.5) is 5.95 Å². The summed E-state index contributed by atoms with van der Waals surface area (Å²) in [5.74, 6) is 1.58. The highest BCUT2D eigenvalue weighted by atomic mass is 16.5. The lowest BCUT2D eigenvalue weighted by atomic mass is 9.98. The summed E-state index contributed by atoms with van der Waals surface area (Å²) in [6, 6.07) is 0. The SMILES string of the molecule is CCc1cnc(N2CCC(COC3CNC3)CC2)nc1. The molecule has 2 fully saturated rings. The molecule has 0 atom stereocenters. The first-order chi connectivity index (χ1) is 9.85. The van der Waals surface area contributed by atoms with Gasteiger partial charge in [-0.1, -0.05) is 6.92 Å². The van der Waals surface area contributed by atoms with E-state index in [2.05, 4.69) is 27.1 Å². The van der Waals surface area contributed by atoms with Gasteiger partial charge in [0.25, 0.3) is 0 Å². The van der Waals surface area contributed by atoms with Crippen LogP contribution in [0.1, 0.15) is 25.3 Å². The molecule has 0 unspecified atom stereocenters. The van der Waals surface area contributed by atoms with E-state index in [1.807, 2.05) is 12.4 Å². The number of hydrogen-bond donors (Lipinski definition) is 1. The van der Waals surface area contributed by atoms with Gasteiger partial charge < -0.3 is 15.0 Å². The molecule has 0 aromatic carbocycles. The Kier molecular flexibility index (Phi) is 4.47. The predicted molar refractivity (Wildman–Crippen MR) is 79.0 cm³/mol. The van der Waals surface area contributed by atoms with E-state index < -0.39 is 0 Å². The first-order valence-corrected chi connectivity index (χ1v) is 7.73. The monoisotopic (exact) mass is 276 g/mol. The highest BCUT2D eigenvalue weighted by Crippen LogP contribution is 2.21. The third-order valence-corrected chi connectivity index (χ3v) is 4.31. The van der Waals surface area contributed by atoms with Crippen LogP contribution in [0.2, 0.25) is 0 Å². The number of nitrogens with zero attached hydrogens (tertiary/aromatic N) is 3. The standard InChI is InChI=1S/C15H24N4O/c1-2-12-7-17-15(18-8-12)19-5-3-13(4-6-19)11-20-14-9-16-10-14/h7-8,13-14,16H,2-6,9-11H2,1H3. The fraction of sp³-hybridized carbons (Fsp3) is 0.733. The second kappa shape index (κ2) is 6.50. The Hall–Kier alpha value is -1.20. The van der Waals surface area contributed by atoms with Gasteiger partial charge in [0.15, 0.2) is 0 Å². The topological polar surface area (TPSA) is 50.3 Å². The minimum Gasteiger partial charge on any atom is -0.375 e. The van der Waals surface area contributed by atoms with Crippen LogP contribution in [-0.4, -0.2) is 48.9 Å². The fourth-order valence-electron chi connectivity index (χ4n) is 2.65. The molecular weight excluding hydrogens is 252 g/mol. The highest BCUT2D eigenvalue weighted by Gasteiger charge is 2.23. The summed E-state index contributed by atoms with van der Waals surface area (Å²) in [6.07, 6.45) is 7.70. The van der Waals surface area contributed by atoms with E-state index in [-0.39, 0.29) is 0 Å². The smallest absolute Gasteiger partial charge is 0.225 e. The number of aromatic nitrogens is 2. The molecule has 0 bridgehead atoms. The lowest BCUT2D eigenvalue weighted by molar-refractivity contribution is -0.00465. The minimum absolute atomic E-state index is 0.456. The Balaban J connectivity index is 1.44. The number of anilines is 1. The summed E-state index contributed by atoms with van der Waals surface area (Å²) in [5.41, 5.74) is 1.20. The zero-order chi connectivity index (χ0) is 13.8. The van der Waals surface area contributed by atoms with Crippen LogP contribution in [0, 0.1) is 5.92 Å². The van der Waals surface area contributed by atoms with E-state index in [0.717, 1.165) is 45.2 Å². The molecule has 20 heavy (non-hydrogen) atoms. The number of nitrogens with one attached hydrogen (secondary N) is 1. The van der Waals surface area contributed by atoms with Crippen molar-refractivity contribution in [1.82, 2.24) is 15.3 Å². The first-order valence-electron chi connectivity index (χ1n) is 7.73. The van der Waals surface area contributed by atoms with Crippen LogP contribution in [-0.2, 0) is 11.2 Å². The Bertz CT molecular complexity index is 410. The van der Waals surface area contributed by atoms with E-state index >= 15 is 0 Å². The summed E-state index contributed by atoms with van der Waals surface area (Å²) < 4.78 is 5.88. The minimum atomic E-state index is 0.456. The van der Waals surface area contributed by atoms with E-state index in [1.54, 1.807) is 0 Å². The Morgan fingerprint density at radius 1 is 1.25 bits per heavy atom. The van der Waals surface area contributed by atoms with Crippen LogP contribution in [0.15, 0.2) is 12.4 Å². The predicted octanol–water partition coefficient (Wildman–Crippen LogP) is 1.24. The fourth-order valence-corrected chi connectivity index (χ4v) is 2.65. The Labute approximate surface area is 120 Å². The summed E-state index contributed by atoms with van der Waals surface area (Å²) in [4.78, 5) is 11.2. The van der Waals surface area contributed by atoms with Crippen LogP contribution >= 0.6 is 0 Å². The molecule has 0 spiro atoms. The molecule has 2 aliphatic heterocycles. The lowest BCUT2D eigenvalue weighted by Crippen LogP contribution is -2.49. The van der Waals surface area contributed by atoms with Gasteiger partial charge >= 0.3 is 0 Å². The molecule has 0 aliphatic carbocycles. The van der Waals surface area contributed by atoms with E-state index in [0.29, 0.717) is 12.0 Å². The summed E-state index contributed by atoms with van der Waals surface area (Å²) in [6.45, 7) is 7.18. The molecular formula is C15H24N4O. The molecule has 110 valence electrons. The Morgan fingerprint density at radius 2 is 1.95 bits per heavy atom. The van der Waals surface area contributed by atoms with Gasteiger partial charge in [0.1, 0.15) is 0 Å². The number of piperidine rings is 1. The van der Waals surface area contributed by atoms with Gasteiger partial charge in [-0.05, 0) is 30.7 Å². The molecule has 0 radical (unpaired) electrons. The van der Waals surface area contributed by atoms with E-state index in [1.165, 1.54) is 18.4 Å². The van der Waals surface area contributed by atoms with Crippen LogP contribution in [0.25, 0.3) is 0 Å². The molecule has 5 nitrogen and oxygen atoms in total. The second-order valence-electron chi connectivity index (χ2n) is 5.79. The number of hydrogen-bond acceptors (Lipinski definition) is 5. The van der Waals surface area contributed by atoms with Gasteiger partial charge in [-0.2, -0.15) is 0 Å². The van der Waals surface area contributed by atoms with Gasteiger partial charge in [-0.25, -0.2) is 9.97 Å². The molecule has 1 aromatic rings. The second-order valence-corrected chi connectivity index (χ2v) is 5.79. The molecule has 2 saturated heterocycles. The van der Waals surface area contributed by atoms with Crippen molar-refractivity contribution >= 4 is 5.95 Å².